The third-order valence-electron chi connectivity index (χ3n) is 9.69. The van der Waals surface area contributed by atoms with E-state index in [1.807, 2.05) is 12.4 Å². The molecule has 0 unspecified atom stereocenters. The van der Waals surface area contributed by atoms with Crippen molar-refractivity contribution in [2.24, 2.45) is 4.99 Å². The molecule has 1 aliphatic rings. The van der Waals surface area contributed by atoms with Crippen LogP contribution in [0.3, 0.4) is 0 Å². The minimum Gasteiger partial charge on any atom is -0.339 e. The highest BCUT2D eigenvalue weighted by molar-refractivity contribution is 6.16. The maximum absolute atomic E-state index is 4.98. The lowest BCUT2D eigenvalue weighted by Crippen LogP contribution is -2.43. The summed E-state index contributed by atoms with van der Waals surface area (Å²) in [5.74, 6) is 1.55. The van der Waals surface area contributed by atoms with Crippen LogP contribution < -0.4 is 4.48 Å². The van der Waals surface area contributed by atoms with Crippen molar-refractivity contribution in [2.45, 2.75) is 0 Å². The van der Waals surface area contributed by atoms with E-state index in [1.165, 1.54) is 32.6 Å². The molecule has 0 saturated heterocycles. The van der Waals surface area contributed by atoms with Crippen LogP contribution in [0.1, 0.15) is 5.82 Å². The molecule has 1 aliphatic heterocycles. The van der Waals surface area contributed by atoms with E-state index in [-0.39, 0.29) is 4.48 Å². The van der Waals surface area contributed by atoms with E-state index in [9.17, 15) is 0 Å². The third-order valence-corrected chi connectivity index (χ3v) is 9.69. The molecule has 0 radical (unpaired) electrons. The molecule has 0 atom stereocenters. The van der Waals surface area contributed by atoms with Gasteiger partial charge in [0, 0.05) is 69.6 Å². The number of quaternary nitrogens is 1. The van der Waals surface area contributed by atoms with Gasteiger partial charge >= 0.3 is 0 Å². The third kappa shape index (κ3) is 3.72. The number of aromatic amines is 1. The van der Waals surface area contributed by atoms with E-state index in [0.717, 1.165) is 45.4 Å². The molecule has 0 spiro atoms. The van der Waals surface area contributed by atoms with Crippen LogP contribution in [0.5, 0.6) is 0 Å². The molecule has 4 heterocycles. The second kappa shape index (κ2) is 10.3. The van der Waals surface area contributed by atoms with Crippen molar-refractivity contribution in [3.63, 3.8) is 0 Å². The number of amidine groups is 1. The van der Waals surface area contributed by atoms with Crippen LogP contribution in [0.25, 0.3) is 55.0 Å². The van der Waals surface area contributed by atoms with E-state index in [2.05, 4.69) is 166 Å². The molecule has 10 rings (SSSR count). The standard InChI is InChI=1S/C42H29N6/c1-3-11-29(12-4-1)46-37-17-9-7-15-33(37)35-27-31(19-21-39(35)46)48(26-25-45-42(48)41-43-23-24-44-41)32-20-22-40-36(28-32)34-16-8-10-18-38(34)47(40)30-13-5-2-6-14-30/h1-28H,(H,43,44)/q+1. The number of aromatic nitrogens is 4. The summed E-state index contributed by atoms with van der Waals surface area (Å²) in [4.78, 5) is 13.0. The van der Waals surface area contributed by atoms with Crippen molar-refractivity contribution in [3.8, 4) is 11.4 Å². The summed E-state index contributed by atoms with van der Waals surface area (Å²) in [5, 5.41) is 4.78. The van der Waals surface area contributed by atoms with Crippen LogP contribution >= 0.6 is 0 Å². The minimum atomic E-state index is 0.287. The van der Waals surface area contributed by atoms with Gasteiger partial charge in [0.25, 0.3) is 5.84 Å². The van der Waals surface area contributed by atoms with Gasteiger partial charge in [0.1, 0.15) is 17.6 Å². The maximum Gasteiger partial charge on any atom is 0.286 e. The van der Waals surface area contributed by atoms with Crippen molar-refractivity contribution >= 4 is 60.8 Å². The second-order valence-electron chi connectivity index (χ2n) is 12.2. The van der Waals surface area contributed by atoms with Crippen LogP contribution in [-0.2, 0) is 0 Å². The number of para-hydroxylation sites is 4. The monoisotopic (exact) mass is 617 g/mol. The van der Waals surface area contributed by atoms with Gasteiger partial charge in [-0.15, -0.1) is 0 Å². The van der Waals surface area contributed by atoms with Crippen LogP contribution in [0.4, 0.5) is 11.4 Å². The van der Waals surface area contributed by atoms with Gasteiger partial charge in [-0.25, -0.2) is 4.98 Å². The SMILES string of the molecule is C1=C[N+](c2ccc3c(c2)c2ccccc2n3-c2ccccc2)(c2ccc3c(c2)c2ccccc2n3-c2ccccc2)C(c2ncc[nH]2)=N1. The molecular weight excluding hydrogens is 589 g/mol. The first-order valence-corrected chi connectivity index (χ1v) is 16.1. The number of nitrogens with one attached hydrogen (secondary N) is 1. The fourth-order valence-electron chi connectivity index (χ4n) is 7.62. The highest BCUT2D eigenvalue weighted by Crippen LogP contribution is 2.45. The number of H-pyrrole nitrogens is 1. The van der Waals surface area contributed by atoms with E-state index in [0.29, 0.717) is 0 Å². The highest BCUT2D eigenvalue weighted by atomic mass is 15.4. The Kier molecular flexibility index (Phi) is 5.70. The average Bonchev–Trinajstić information content (AvgIpc) is 3.95. The molecule has 48 heavy (non-hydrogen) atoms. The average molecular weight is 618 g/mol. The summed E-state index contributed by atoms with van der Waals surface area (Å²) in [6.07, 6.45) is 7.73. The zero-order valence-corrected chi connectivity index (χ0v) is 25.9. The normalized spacial score (nSPS) is 14.0. The van der Waals surface area contributed by atoms with Crippen LogP contribution in [0.2, 0.25) is 0 Å². The molecule has 6 heteroatoms. The Morgan fingerprint density at radius 2 is 1.00 bits per heavy atom. The predicted molar refractivity (Wildman–Crippen MR) is 197 cm³/mol. The summed E-state index contributed by atoms with van der Waals surface area (Å²) >= 11 is 0. The zero-order valence-electron chi connectivity index (χ0n) is 25.9. The topological polar surface area (TPSA) is 50.9 Å². The number of imidazole rings is 1. The van der Waals surface area contributed by atoms with Gasteiger partial charge in [-0.1, -0.05) is 72.8 Å². The van der Waals surface area contributed by atoms with E-state index < -0.39 is 0 Å². The first-order chi connectivity index (χ1) is 23.8. The molecule has 3 aromatic heterocycles. The first-order valence-electron chi connectivity index (χ1n) is 16.1. The Morgan fingerprint density at radius 1 is 0.500 bits per heavy atom. The van der Waals surface area contributed by atoms with Gasteiger partial charge in [-0.2, -0.15) is 9.48 Å². The first kappa shape index (κ1) is 26.7. The molecule has 0 amide bonds. The van der Waals surface area contributed by atoms with Crippen molar-refractivity contribution in [1.29, 1.82) is 0 Å². The molecule has 0 bridgehead atoms. The molecule has 1 N–H and O–H groups in total. The Bertz CT molecular complexity index is 2560. The van der Waals surface area contributed by atoms with Crippen molar-refractivity contribution in [3.05, 3.63) is 176 Å². The molecule has 0 fully saturated rings. The summed E-state index contributed by atoms with van der Waals surface area (Å²) in [6, 6.07) is 52.1. The van der Waals surface area contributed by atoms with E-state index in [1.54, 1.807) is 6.20 Å². The fraction of sp³-hybridized carbons (Fsp3) is 0. The molecule has 0 saturated carbocycles. The van der Waals surface area contributed by atoms with E-state index >= 15 is 0 Å². The molecule has 9 aromatic rings. The minimum absolute atomic E-state index is 0.287. The van der Waals surface area contributed by atoms with Crippen LogP contribution in [0, 0.1) is 0 Å². The number of benzene rings is 6. The number of rotatable bonds is 5. The number of hydrogen-bond donors (Lipinski definition) is 1. The Balaban J connectivity index is 1.26. The zero-order chi connectivity index (χ0) is 31.7. The molecule has 6 aromatic carbocycles. The summed E-state index contributed by atoms with van der Waals surface area (Å²) in [5.41, 5.74) is 9.10. The molecule has 226 valence electrons. The summed E-state index contributed by atoms with van der Waals surface area (Å²) < 4.78 is 4.99. The van der Waals surface area contributed by atoms with Gasteiger partial charge in [0.15, 0.2) is 0 Å². The number of fused-ring (bicyclic) bond motifs is 6. The van der Waals surface area contributed by atoms with Crippen LogP contribution in [-0.4, -0.2) is 24.9 Å². The molecule has 0 aliphatic carbocycles. The summed E-state index contributed by atoms with van der Waals surface area (Å²) in [6.45, 7) is 0. The fourth-order valence-corrected chi connectivity index (χ4v) is 7.62. The highest BCUT2D eigenvalue weighted by Gasteiger charge is 2.44. The maximum atomic E-state index is 4.98. The number of nitrogens with zero attached hydrogens (tertiary/aromatic N) is 5. The molecule has 6 nitrogen and oxygen atoms in total. The smallest absolute Gasteiger partial charge is 0.286 e. The quantitative estimate of drug-likeness (QED) is 0.192. The largest absolute Gasteiger partial charge is 0.339 e. The van der Waals surface area contributed by atoms with Crippen molar-refractivity contribution in [2.75, 3.05) is 0 Å². The Morgan fingerprint density at radius 3 is 1.52 bits per heavy atom. The summed E-state index contributed by atoms with van der Waals surface area (Å²) in [7, 11) is 0. The lowest BCUT2D eigenvalue weighted by Gasteiger charge is -2.31. The Labute approximate surface area is 276 Å². The lowest BCUT2D eigenvalue weighted by atomic mass is 10.1. The second-order valence-corrected chi connectivity index (χ2v) is 12.2. The van der Waals surface area contributed by atoms with Gasteiger partial charge in [0.05, 0.1) is 28.3 Å². The van der Waals surface area contributed by atoms with Crippen LogP contribution in [0.15, 0.2) is 175 Å². The number of aliphatic imine (C=N–C) groups is 1. The van der Waals surface area contributed by atoms with Crippen molar-refractivity contribution in [1.82, 2.24) is 23.6 Å². The van der Waals surface area contributed by atoms with Gasteiger partial charge in [-0.05, 0) is 48.5 Å². The molecular formula is C42H29N6+. The van der Waals surface area contributed by atoms with Gasteiger partial charge < -0.3 is 14.1 Å². The van der Waals surface area contributed by atoms with E-state index in [4.69, 9.17) is 9.98 Å². The van der Waals surface area contributed by atoms with Gasteiger partial charge in [0.2, 0.25) is 5.82 Å². The van der Waals surface area contributed by atoms with Crippen molar-refractivity contribution < 1.29 is 0 Å². The Hall–Kier alpha value is -6.50. The van der Waals surface area contributed by atoms with Gasteiger partial charge in [-0.3, -0.25) is 0 Å². The number of hydrogen-bond acceptors (Lipinski definition) is 2. The lowest BCUT2D eigenvalue weighted by molar-refractivity contribution is 0.744. The predicted octanol–water partition coefficient (Wildman–Crippen LogP) is 10.2.